The van der Waals surface area contributed by atoms with Gasteiger partial charge in [0.05, 0.1) is 32.3 Å². The number of aliphatic hydroxyl groups is 1. The number of benzene rings is 2. The molecule has 0 aromatic heterocycles. The maximum atomic E-state index is 10.0. The molecule has 0 aliphatic carbocycles. The number of aliphatic hydroxyl groups excluding tert-OH is 1. The molecular weight excluding hydrogens is 378 g/mol. The van der Waals surface area contributed by atoms with Crippen LogP contribution in [-0.2, 0) is 6.54 Å². The van der Waals surface area contributed by atoms with Crippen molar-refractivity contribution < 1.29 is 14.6 Å². The van der Waals surface area contributed by atoms with Gasteiger partial charge >= 0.3 is 0 Å². The summed E-state index contributed by atoms with van der Waals surface area (Å²) >= 11 is 0. The van der Waals surface area contributed by atoms with Crippen LogP contribution >= 0.6 is 0 Å². The van der Waals surface area contributed by atoms with Crippen LogP contribution in [-0.4, -0.2) is 61.3 Å². The van der Waals surface area contributed by atoms with Gasteiger partial charge in [0.15, 0.2) is 11.5 Å². The summed E-state index contributed by atoms with van der Waals surface area (Å²) in [6.45, 7) is 6.92. The first-order valence-electron chi connectivity index (χ1n) is 10.5. The normalized spacial score (nSPS) is 16.0. The van der Waals surface area contributed by atoms with Crippen molar-refractivity contribution in [2.24, 2.45) is 0 Å². The maximum Gasteiger partial charge on any atom is 0.161 e. The smallest absolute Gasteiger partial charge is 0.161 e. The summed E-state index contributed by atoms with van der Waals surface area (Å²) in [5.74, 6) is 1.25. The standard InChI is InChI=1S/C24H31N3O3/c1-29-23-9-8-21(22(28)10-11-25)18-24(23)30-17-5-12-26-13-15-27(16-14-26)19-20-6-3-2-4-7-20/h2-4,6-9,18,22,28H,5,10,12-17,19H2,1H3. The predicted octanol–water partition coefficient (Wildman–Crippen LogP) is 3.23. The van der Waals surface area contributed by atoms with E-state index >= 15 is 0 Å². The van der Waals surface area contributed by atoms with Gasteiger partial charge in [-0.2, -0.15) is 5.26 Å². The molecule has 0 spiro atoms. The molecule has 160 valence electrons. The lowest BCUT2D eigenvalue weighted by Crippen LogP contribution is -2.46. The van der Waals surface area contributed by atoms with Crippen molar-refractivity contribution in [1.29, 1.82) is 5.26 Å². The Bertz CT molecular complexity index is 814. The van der Waals surface area contributed by atoms with Crippen LogP contribution in [0.4, 0.5) is 0 Å². The highest BCUT2D eigenvalue weighted by Gasteiger charge is 2.17. The molecule has 6 heteroatoms. The van der Waals surface area contributed by atoms with E-state index in [-0.39, 0.29) is 6.42 Å². The molecule has 0 bridgehead atoms. The van der Waals surface area contributed by atoms with Crippen molar-refractivity contribution >= 4 is 0 Å². The fraction of sp³-hybridized carbons (Fsp3) is 0.458. The van der Waals surface area contributed by atoms with E-state index in [9.17, 15) is 5.11 Å². The van der Waals surface area contributed by atoms with Crippen molar-refractivity contribution in [1.82, 2.24) is 9.80 Å². The summed E-state index contributed by atoms with van der Waals surface area (Å²) in [6, 6.07) is 17.9. The van der Waals surface area contributed by atoms with Crippen LogP contribution in [0.3, 0.4) is 0 Å². The largest absolute Gasteiger partial charge is 0.493 e. The highest BCUT2D eigenvalue weighted by Crippen LogP contribution is 2.31. The van der Waals surface area contributed by atoms with E-state index in [1.54, 1.807) is 25.3 Å². The van der Waals surface area contributed by atoms with Crippen LogP contribution < -0.4 is 9.47 Å². The van der Waals surface area contributed by atoms with E-state index in [1.807, 2.05) is 6.07 Å². The molecule has 1 aliphatic rings. The lowest BCUT2D eigenvalue weighted by Gasteiger charge is -2.34. The molecule has 1 heterocycles. The van der Waals surface area contributed by atoms with Crippen molar-refractivity contribution in [2.75, 3.05) is 46.4 Å². The summed E-state index contributed by atoms with van der Waals surface area (Å²) < 4.78 is 11.3. The van der Waals surface area contributed by atoms with Gasteiger partial charge in [-0.05, 0) is 29.7 Å². The average molecular weight is 410 g/mol. The highest BCUT2D eigenvalue weighted by molar-refractivity contribution is 5.43. The van der Waals surface area contributed by atoms with Gasteiger partial charge in [0, 0.05) is 39.3 Å². The van der Waals surface area contributed by atoms with Crippen molar-refractivity contribution in [3.8, 4) is 17.6 Å². The molecule has 1 N–H and O–H groups in total. The lowest BCUT2D eigenvalue weighted by atomic mass is 10.1. The lowest BCUT2D eigenvalue weighted by molar-refractivity contribution is 0.121. The zero-order valence-electron chi connectivity index (χ0n) is 17.7. The van der Waals surface area contributed by atoms with Crippen LogP contribution in [0.15, 0.2) is 48.5 Å². The number of rotatable bonds is 10. The van der Waals surface area contributed by atoms with Gasteiger partial charge < -0.3 is 19.5 Å². The second-order valence-corrected chi connectivity index (χ2v) is 7.59. The molecular formula is C24H31N3O3. The van der Waals surface area contributed by atoms with Crippen LogP contribution in [0.1, 0.15) is 30.1 Å². The molecule has 30 heavy (non-hydrogen) atoms. The van der Waals surface area contributed by atoms with Crippen molar-refractivity contribution in [3.63, 3.8) is 0 Å². The van der Waals surface area contributed by atoms with Crippen LogP contribution in [0.5, 0.6) is 11.5 Å². The molecule has 1 saturated heterocycles. The van der Waals surface area contributed by atoms with Gasteiger partial charge in [-0.3, -0.25) is 4.90 Å². The molecule has 0 saturated carbocycles. The number of nitrogens with zero attached hydrogens (tertiary/aromatic N) is 3. The van der Waals surface area contributed by atoms with Gasteiger partial charge in [-0.25, -0.2) is 0 Å². The summed E-state index contributed by atoms with van der Waals surface area (Å²) in [5, 5.41) is 18.8. The van der Waals surface area contributed by atoms with E-state index < -0.39 is 6.10 Å². The first kappa shape index (κ1) is 22.1. The Morgan fingerprint density at radius 2 is 1.77 bits per heavy atom. The second-order valence-electron chi connectivity index (χ2n) is 7.59. The first-order valence-corrected chi connectivity index (χ1v) is 10.5. The van der Waals surface area contributed by atoms with E-state index in [4.69, 9.17) is 14.7 Å². The number of piperazine rings is 1. The summed E-state index contributed by atoms with van der Waals surface area (Å²) in [4.78, 5) is 4.99. The van der Waals surface area contributed by atoms with Gasteiger partial charge in [-0.1, -0.05) is 36.4 Å². The third kappa shape index (κ3) is 6.46. The molecule has 0 radical (unpaired) electrons. The first-order chi connectivity index (χ1) is 14.7. The van der Waals surface area contributed by atoms with Gasteiger partial charge in [0.2, 0.25) is 0 Å². The summed E-state index contributed by atoms with van der Waals surface area (Å²) in [5.41, 5.74) is 2.04. The number of hydrogen-bond acceptors (Lipinski definition) is 6. The van der Waals surface area contributed by atoms with Gasteiger partial charge in [-0.15, -0.1) is 0 Å². The summed E-state index contributed by atoms with van der Waals surface area (Å²) in [7, 11) is 1.60. The highest BCUT2D eigenvalue weighted by atomic mass is 16.5. The second kappa shape index (κ2) is 11.6. The van der Waals surface area contributed by atoms with E-state index in [0.717, 1.165) is 45.7 Å². The predicted molar refractivity (Wildman–Crippen MR) is 116 cm³/mol. The molecule has 6 nitrogen and oxygen atoms in total. The van der Waals surface area contributed by atoms with Crippen LogP contribution in [0.25, 0.3) is 0 Å². The maximum absolute atomic E-state index is 10.0. The zero-order valence-corrected chi connectivity index (χ0v) is 17.7. The molecule has 1 aliphatic heterocycles. The third-order valence-electron chi connectivity index (χ3n) is 5.45. The number of ether oxygens (including phenoxy) is 2. The topological polar surface area (TPSA) is 69.0 Å². The average Bonchev–Trinajstić information content (AvgIpc) is 2.78. The Morgan fingerprint density at radius 1 is 1.03 bits per heavy atom. The number of nitriles is 1. The van der Waals surface area contributed by atoms with Crippen molar-refractivity contribution in [3.05, 3.63) is 59.7 Å². The fourth-order valence-electron chi connectivity index (χ4n) is 3.70. The Balaban J connectivity index is 1.40. The Hall–Kier alpha value is -2.59. The van der Waals surface area contributed by atoms with Crippen LogP contribution in [0.2, 0.25) is 0 Å². The molecule has 2 aromatic carbocycles. The quantitative estimate of drug-likeness (QED) is 0.608. The Labute approximate surface area is 179 Å². The molecule has 0 amide bonds. The van der Waals surface area contributed by atoms with Crippen LogP contribution in [0, 0.1) is 11.3 Å². The summed E-state index contributed by atoms with van der Waals surface area (Å²) in [6.07, 6.45) is 0.171. The minimum absolute atomic E-state index is 0.0576. The van der Waals surface area contributed by atoms with E-state index in [2.05, 4.69) is 40.1 Å². The van der Waals surface area contributed by atoms with Crippen molar-refractivity contribution in [2.45, 2.75) is 25.5 Å². The minimum Gasteiger partial charge on any atom is -0.493 e. The fourth-order valence-corrected chi connectivity index (χ4v) is 3.70. The monoisotopic (exact) mass is 409 g/mol. The third-order valence-corrected chi connectivity index (χ3v) is 5.45. The molecule has 1 fully saturated rings. The zero-order chi connectivity index (χ0) is 21.2. The minimum atomic E-state index is -0.810. The molecule has 1 atom stereocenters. The van der Waals surface area contributed by atoms with E-state index in [0.29, 0.717) is 23.7 Å². The number of hydrogen-bond donors (Lipinski definition) is 1. The van der Waals surface area contributed by atoms with E-state index in [1.165, 1.54) is 5.56 Å². The molecule has 3 rings (SSSR count). The van der Waals surface area contributed by atoms with Gasteiger partial charge in [0.25, 0.3) is 0 Å². The molecule has 1 unspecified atom stereocenters. The van der Waals surface area contributed by atoms with Gasteiger partial charge in [0.1, 0.15) is 0 Å². The SMILES string of the molecule is COc1ccc(C(O)CC#N)cc1OCCCN1CCN(Cc2ccccc2)CC1. The Morgan fingerprint density at radius 3 is 2.47 bits per heavy atom. The molecule has 2 aromatic rings. The number of methoxy groups -OCH3 is 1. The Kier molecular flexibility index (Phi) is 8.52.